The number of nitrogens with zero attached hydrogens (tertiary/aromatic N) is 3. The second-order valence-corrected chi connectivity index (χ2v) is 6.63. The van der Waals surface area contributed by atoms with Crippen LogP contribution in [0.4, 0.5) is 0 Å². The van der Waals surface area contributed by atoms with E-state index in [0.717, 1.165) is 54.3 Å². The molecule has 0 saturated carbocycles. The standard InChI is InChI=1S/C20H21N3O3/c1-3-7-17-22-19(26-23-17)12(2)25-20(24)18-13-8-4-5-10-15(13)21-16-11-6-9-14(16)18/h4-5,8,10,12H,3,6-7,9,11H2,1-2H3. The molecular formula is C20H21N3O3. The Kier molecular flexibility index (Phi) is 4.41. The van der Waals surface area contributed by atoms with E-state index in [0.29, 0.717) is 17.3 Å². The molecule has 1 unspecified atom stereocenters. The van der Waals surface area contributed by atoms with Crippen LogP contribution >= 0.6 is 0 Å². The molecule has 0 spiro atoms. The van der Waals surface area contributed by atoms with Crippen molar-refractivity contribution in [2.45, 2.75) is 52.1 Å². The van der Waals surface area contributed by atoms with Crippen molar-refractivity contribution in [1.29, 1.82) is 0 Å². The highest BCUT2D eigenvalue weighted by atomic mass is 16.6. The predicted molar refractivity (Wildman–Crippen MR) is 95.9 cm³/mol. The van der Waals surface area contributed by atoms with Gasteiger partial charge in [-0.15, -0.1) is 0 Å². The molecule has 6 nitrogen and oxygen atoms in total. The Morgan fingerprint density at radius 3 is 2.96 bits per heavy atom. The van der Waals surface area contributed by atoms with E-state index in [4.69, 9.17) is 14.2 Å². The molecule has 1 aliphatic rings. The number of aryl methyl sites for hydroxylation is 2. The largest absolute Gasteiger partial charge is 0.449 e. The van der Waals surface area contributed by atoms with Gasteiger partial charge in [0.1, 0.15) is 0 Å². The maximum atomic E-state index is 13.0. The van der Waals surface area contributed by atoms with Crippen LogP contribution in [-0.4, -0.2) is 21.1 Å². The second-order valence-electron chi connectivity index (χ2n) is 6.63. The molecule has 0 N–H and O–H groups in total. The molecule has 0 aliphatic heterocycles. The van der Waals surface area contributed by atoms with Crippen LogP contribution < -0.4 is 0 Å². The number of fused-ring (bicyclic) bond motifs is 2. The first kappa shape index (κ1) is 16.7. The number of para-hydroxylation sites is 1. The lowest BCUT2D eigenvalue weighted by Gasteiger charge is -2.14. The molecule has 26 heavy (non-hydrogen) atoms. The first-order valence-electron chi connectivity index (χ1n) is 9.11. The van der Waals surface area contributed by atoms with Gasteiger partial charge in [-0.25, -0.2) is 4.79 Å². The average Bonchev–Trinajstić information content (AvgIpc) is 3.28. The highest BCUT2D eigenvalue weighted by Gasteiger charge is 2.27. The lowest BCUT2D eigenvalue weighted by Crippen LogP contribution is -2.13. The summed E-state index contributed by atoms with van der Waals surface area (Å²) in [5.74, 6) is 0.613. The van der Waals surface area contributed by atoms with Crippen LogP contribution in [-0.2, 0) is 24.0 Å². The van der Waals surface area contributed by atoms with Gasteiger partial charge in [-0.1, -0.05) is 30.3 Å². The summed E-state index contributed by atoms with van der Waals surface area (Å²) in [5, 5.41) is 4.76. The predicted octanol–water partition coefficient (Wildman–Crippen LogP) is 3.98. The molecule has 3 aromatic rings. The van der Waals surface area contributed by atoms with Crippen LogP contribution in [0.1, 0.15) is 66.1 Å². The summed E-state index contributed by atoms with van der Waals surface area (Å²) in [6.07, 6.45) is 3.85. The van der Waals surface area contributed by atoms with Crippen LogP contribution in [0.5, 0.6) is 0 Å². The Hall–Kier alpha value is -2.76. The van der Waals surface area contributed by atoms with E-state index in [-0.39, 0.29) is 5.97 Å². The van der Waals surface area contributed by atoms with E-state index >= 15 is 0 Å². The van der Waals surface area contributed by atoms with Crippen molar-refractivity contribution >= 4 is 16.9 Å². The highest BCUT2D eigenvalue weighted by Crippen LogP contribution is 2.31. The van der Waals surface area contributed by atoms with Gasteiger partial charge >= 0.3 is 5.97 Å². The molecule has 0 radical (unpaired) electrons. The zero-order chi connectivity index (χ0) is 18.1. The van der Waals surface area contributed by atoms with E-state index in [2.05, 4.69) is 17.1 Å². The number of esters is 1. The number of pyridine rings is 1. The van der Waals surface area contributed by atoms with E-state index in [1.165, 1.54) is 0 Å². The minimum Gasteiger partial charge on any atom is -0.449 e. The summed E-state index contributed by atoms with van der Waals surface area (Å²) >= 11 is 0. The van der Waals surface area contributed by atoms with Crippen molar-refractivity contribution in [1.82, 2.24) is 15.1 Å². The number of carbonyl (C=O) groups is 1. The molecule has 0 fully saturated rings. The number of ether oxygens (including phenoxy) is 1. The van der Waals surface area contributed by atoms with Crippen LogP contribution in [0.2, 0.25) is 0 Å². The second kappa shape index (κ2) is 6.86. The van der Waals surface area contributed by atoms with Crippen LogP contribution in [0.3, 0.4) is 0 Å². The maximum Gasteiger partial charge on any atom is 0.339 e. The van der Waals surface area contributed by atoms with Gasteiger partial charge in [0.15, 0.2) is 11.9 Å². The molecule has 1 atom stereocenters. The van der Waals surface area contributed by atoms with Crippen LogP contribution in [0.15, 0.2) is 28.8 Å². The van der Waals surface area contributed by atoms with E-state index in [9.17, 15) is 4.79 Å². The van der Waals surface area contributed by atoms with Crippen molar-refractivity contribution in [3.05, 3.63) is 52.8 Å². The third-order valence-corrected chi connectivity index (χ3v) is 4.71. The molecule has 4 rings (SSSR count). The monoisotopic (exact) mass is 351 g/mol. The van der Waals surface area contributed by atoms with Crippen molar-refractivity contribution in [3.63, 3.8) is 0 Å². The van der Waals surface area contributed by atoms with Crippen molar-refractivity contribution in [2.75, 3.05) is 0 Å². The molecule has 0 amide bonds. The topological polar surface area (TPSA) is 78.1 Å². The highest BCUT2D eigenvalue weighted by molar-refractivity contribution is 6.05. The lowest BCUT2D eigenvalue weighted by molar-refractivity contribution is 0.0266. The molecule has 1 aliphatic carbocycles. The quantitative estimate of drug-likeness (QED) is 0.647. The molecule has 0 bridgehead atoms. The first-order valence-corrected chi connectivity index (χ1v) is 9.11. The van der Waals surface area contributed by atoms with Gasteiger partial charge in [-0.3, -0.25) is 4.98 Å². The summed E-state index contributed by atoms with van der Waals surface area (Å²) in [7, 11) is 0. The van der Waals surface area contributed by atoms with Crippen molar-refractivity contribution in [3.8, 4) is 0 Å². The van der Waals surface area contributed by atoms with Crippen LogP contribution in [0.25, 0.3) is 10.9 Å². The van der Waals surface area contributed by atoms with Crippen molar-refractivity contribution < 1.29 is 14.1 Å². The van der Waals surface area contributed by atoms with E-state index < -0.39 is 6.10 Å². The fourth-order valence-electron chi connectivity index (χ4n) is 3.47. The van der Waals surface area contributed by atoms with Crippen LogP contribution in [0, 0.1) is 0 Å². The SMILES string of the molecule is CCCc1noc(C(C)OC(=O)c2c3c(nc4ccccc24)CCC3)n1. The zero-order valence-electron chi connectivity index (χ0n) is 15.0. The van der Waals surface area contributed by atoms with Gasteiger partial charge < -0.3 is 9.26 Å². The number of hydrogen-bond donors (Lipinski definition) is 0. The Morgan fingerprint density at radius 1 is 1.27 bits per heavy atom. The normalized spacial score (nSPS) is 14.4. The number of carbonyl (C=O) groups excluding carboxylic acids is 1. The Labute approximate surface area is 151 Å². The minimum atomic E-state index is -0.593. The van der Waals surface area contributed by atoms with E-state index in [1.807, 2.05) is 24.3 Å². The Bertz CT molecular complexity index is 964. The van der Waals surface area contributed by atoms with Gasteiger partial charge in [0.25, 0.3) is 5.89 Å². The van der Waals surface area contributed by atoms with Gasteiger partial charge in [-0.05, 0) is 44.2 Å². The molecule has 0 saturated heterocycles. The van der Waals surface area contributed by atoms with Gasteiger partial charge in [0.2, 0.25) is 0 Å². The Balaban J connectivity index is 1.65. The molecular weight excluding hydrogens is 330 g/mol. The number of hydrogen-bond acceptors (Lipinski definition) is 6. The zero-order valence-corrected chi connectivity index (χ0v) is 15.0. The van der Waals surface area contributed by atoms with Gasteiger partial charge in [-0.2, -0.15) is 4.98 Å². The van der Waals surface area contributed by atoms with E-state index in [1.54, 1.807) is 6.92 Å². The number of aromatic nitrogens is 3. The molecule has 134 valence electrons. The molecule has 1 aromatic carbocycles. The first-order chi connectivity index (χ1) is 12.7. The molecule has 2 aromatic heterocycles. The molecule has 6 heteroatoms. The smallest absolute Gasteiger partial charge is 0.339 e. The summed E-state index contributed by atoms with van der Waals surface area (Å²) in [5.41, 5.74) is 3.48. The minimum absolute atomic E-state index is 0.330. The number of benzene rings is 1. The third-order valence-electron chi connectivity index (χ3n) is 4.71. The van der Waals surface area contributed by atoms with Gasteiger partial charge in [0, 0.05) is 17.5 Å². The Morgan fingerprint density at radius 2 is 2.12 bits per heavy atom. The summed E-state index contributed by atoms with van der Waals surface area (Å²) in [6, 6.07) is 7.71. The summed E-state index contributed by atoms with van der Waals surface area (Å²) < 4.78 is 10.9. The third kappa shape index (κ3) is 2.96. The van der Waals surface area contributed by atoms with Gasteiger partial charge in [0.05, 0.1) is 11.1 Å². The lowest BCUT2D eigenvalue weighted by atomic mass is 10.0. The molecule has 2 heterocycles. The fraction of sp³-hybridized carbons (Fsp3) is 0.400. The summed E-state index contributed by atoms with van der Waals surface area (Å²) in [4.78, 5) is 22.0. The summed E-state index contributed by atoms with van der Waals surface area (Å²) in [6.45, 7) is 3.80. The van der Waals surface area contributed by atoms with Crippen molar-refractivity contribution in [2.24, 2.45) is 0 Å². The average molecular weight is 351 g/mol. The fourth-order valence-corrected chi connectivity index (χ4v) is 3.47. The number of rotatable bonds is 5. The maximum absolute atomic E-state index is 13.0.